The highest BCUT2D eigenvalue weighted by Crippen LogP contribution is 2.37. The number of unbranched alkanes of at least 4 members (excludes halogenated alkanes) is 1. The number of nitrogens with zero attached hydrogens (tertiary/aromatic N) is 2. The van der Waals surface area contributed by atoms with E-state index in [9.17, 15) is 14.4 Å². The summed E-state index contributed by atoms with van der Waals surface area (Å²) in [6.45, 7) is 2.69. The van der Waals surface area contributed by atoms with Gasteiger partial charge in [0.25, 0.3) is 5.91 Å². The lowest BCUT2D eigenvalue weighted by Crippen LogP contribution is -2.53. The van der Waals surface area contributed by atoms with Crippen LogP contribution in [-0.2, 0) is 22.6 Å². The van der Waals surface area contributed by atoms with Gasteiger partial charge in [-0.15, -0.1) is 0 Å². The Kier molecular flexibility index (Phi) is 8.60. The highest BCUT2D eigenvalue weighted by atomic mass is 79.9. The summed E-state index contributed by atoms with van der Waals surface area (Å²) >= 11 is 3.53. The Morgan fingerprint density at radius 3 is 2.40 bits per heavy atom. The van der Waals surface area contributed by atoms with Gasteiger partial charge in [-0.25, -0.2) is 0 Å². The predicted molar refractivity (Wildman–Crippen MR) is 162 cm³/mol. The lowest BCUT2D eigenvalue weighted by atomic mass is 10.0. The van der Waals surface area contributed by atoms with E-state index < -0.39 is 6.04 Å². The highest BCUT2D eigenvalue weighted by molar-refractivity contribution is 9.10. The van der Waals surface area contributed by atoms with Crippen molar-refractivity contribution < 1.29 is 14.4 Å². The van der Waals surface area contributed by atoms with E-state index >= 15 is 0 Å². The molecule has 1 N–H and O–H groups in total. The van der Waals surface area contributed by atoms with Crippen LogP contribution in [-0.4, -0.2) is 41.8 Å². The van der Waals surface area contributed by atoms with Gasteiger partial charge in [0.05, 0.1) is 5.69 Å². The second-order valence-corrected chi connectivity index (χ2v) is 11.0. The van der Waals surface area contributed by atoms with Gasteiger partial charge in [-0.3, -0.25) is 19.3 Å². The second-order valence-electron chi connectivity index (χ2n) is 10.1. The van der Waals surface area contributed by atoms with Gasteiger partial charge >= 0.3 is 0 Å². The fourth-order valence-corrected chi connectivity index (χ4v) is 5.70. The van der Waals surface area contributed by atoms with Crippen molar-refractivity contribution in [2.45, 2.75) is 38.8 Å². The fourth-order valence-electron chi connectivity index (χ4n) is 5.25. The Morgan fingerprint density at radius 1 is 0.925 bits per heavy atom. The highest BCUT2D eigenvalue weighted by Gasteiger charge is 2.35. The summed E-state index contributed by atoms with van der Waals surface area (Å²) < 4.78 is 0.890. The molecule has 3 amide bonds. The van der Waals surface area contributed by atoms with Gasteiger partial charge in [-0.05, 0) is 47.2 Å². The molecule has 0 aliphatic carbocycles. The average molecular weight is 599 g/mol. The van der Waals surface area contributed by atoms with Crippen LogP contribution in [0.1, 0.15) is 41.3 Å². The third-order valence-electron chi connectivity index (χ3n) is 7.29. The van der Waals surface area contributed by atoms with Crippen molar-refractivity contribution in [2.75, 3.05) is 18.0 Å². The zero-order chi connectivity index (χ0) is 28.1. The number of hydrogen-bond donors (Lipinski definition) is 1. The zero-order valence-electron chi connectivity index (χ0n) is 22.5. The summed E-state index contributed by atoms with van der Waals surface area (Å²) in [7, 11) is 0. The quantitative estimate of drug-likeness (QED) is 0.212. The van der Waals surface area contributed by atoms with Gasteiger partial charge in [0.2, 0.25) is 11.8 Å². The van der Waals surface area contributed by atoms with Crippen LogP contribution < -0.4 is 10.2 Å². The first-order chi connectivity index (χ1) is 19.5. The molecule has 0 fully saturated rings. The predicted octanol–water partition coefficient (Wildman–Crippen LogP) is 6.12. The van der Waals surface area contributed by atoms with E-state index in [1.807, 2.05) is 84.9 Å². The van der Waals surface area contributed by atoms with Crippen molar-refractivity contribution in [2.24, 2.45) is 0 Å². The summed E-state index contributed by atoms with van der Waals surface area (Å²) in [6.07, 6.45) is 2.17. The van der Waals surface area contributed by atoms with Crippen LogP contribution in [0, 0.1) is 0 Å². The lowest BCUT2D eigenvalue weighted by molar-refractivity contribution is -0.140. The number of halogens is 1. The molecule has 0 bridgehead atoms. The molecule has 0 spiro atoms. The first-order valence-electron chi connectivity index (χ1n) is 13.7. The van der Waals surface area contributed by atoms with Gasteiger partial charge in [0, 0.05) is 34.9 Å². The van der Waals surface area contributed by atoms with Crippen molar-refractivity contribution in [3.63, 3.8) is 0 Å². The molecule has 0 saturated heterocycles. The number of nitrogens with one attached hydrogen (secondary N) is 1. The van der Waals surface area contributed by atoms with Crippen molar-refractivity contribution in [3.8, 4) is 0 Å². The zero-order valence-corrected chi connectivity index (χ0v) is 24.1. The number of carbonyl (C=O) groups excluding carboxylic acids is 3. The molecule has 6 nitrogen and oxygen atoms in total. The number of benzene rings is 4. The van der Waals surface area contributed by atoms with E-state index in [2.05, 4.69) is 28.2 Å². The number of anilines is 1. The van der Waals surface area contributed by atoms with Gasteiger partial charge in [0.1, 0.15) is 12.6 Å². The summed E-state index contributed by atoms with van der Waals surface area (Å²) in [4.78, 5) is 44.5. The standard InChI is InChI=1S/C33H32BrN3O3/c1-2-3-18-35-32(39)29(20-23-10-5-4-6-11-23)36(21-24-12-7-15-26(34)19-24)30(38)22-37-28-17-9-14-25-13-8-16-27(31(25)28)33(37)40/h4-17,19,29H,2-3,18,20-22H2,1H3,(H,35,39)/t29-/m1/s1. The van der Waals surface area contributed by atoms with E-state index in [-0.39, 0.29) is 30.8 Å². The Morgan fingerprint density at radius 2 is 1.65 bits per heavy atom. The number of carbonyl (C=O) groups is 3. The van der Waals surface area contributed by atoms with Gasteiger partial charge < -0.3 is 10.2 Å². The topological polar surface area (TPSA) is 69.7 Å². The van der Waals surface area contributed by atoms with E-state index in [1.165, 1.54) is 0 Å². The molecule has 1 aliphatic heterocycles. The van der Waals surface area contributed by atoms with Crippen molar-refractivity contribution in [1.29, 1.82) is 0 Å². The maximum Gasteiger partial charge on any atom is 0.259 e. The smallest absolute Gasteiger partial charge is 0.259 e. The monoisotopic (exact) mass is 597 g/mol. The summed E-state index contributed by atoms with van der Waals surface area (Å²) in [5, 5.41) is 4.87. The molecule has 0 aromatic heterocycles. The largest absolute Gasteiger partial charge is 0.354 e. The van der Waals surface area contributed by atoms with E-state index in [0.29, 0.717) is 18.5 Å². The van der Waals surface area contributed by atoms with Gasteiger partial charge in [-0.2, -0.15) is 0 Å². The van der Waals surface area contributed by atoms with Crippen molar-refractivity contribution in [1.82, 2.24) is 10.2 Å². The number of rotatable bonds is 11. The van der Waals surface area contributed by atoms with Crippen LogP contribution in [0.15, 0.2) is 95.5 Å². The fraction of sp³-hybridized carbons (Fsp3) is 0.242. The molecule has 5 rings (SSSR count). The molecular formula is C33H32BrN3O3. The molecule has 1 atom stereocenters. The van der Waals surface area contributed by atoms with Crippen LogP contribution in [0.3, 0.4) is 0 Å². The Bertz CT molecular complexity index is 1530. The summed E-state index contributed by atoms with van der Waals surface area (Å²) in [5.41, 5.74) is 3.17. The van der Waals surface area contributed by atoms with Crippen LogP contribution in [0.25, 0.3) is 10.8 Å². The third-order valence-corrected chi connectivity index (χ3v) is 7.78. The minimum absolute atomic E-state index is 0.159. The minimum atomic E-state index is -0.749. The first kappa shape index (κ1) is 27.6. The average Bonchev–Trinajstić information content (AvgIpc) is 3.23. The van der Waals surface area contributed by atoms with Gasteiger partial charge in [0.15, 0.2) is 0 Å². The minimum Gasteiger partial charge on any atom is -0.354 e. The van der Waals surface area contributed by atoms with Crippen LogP contribution in [0.4, 0.5) is 5.69 Å². The lowest BCUT2D eigenvalue weighted by Gasteiger charge is -2.33. The number of amides is 3. The molecule has 4 aromatic carbocycles. The van der Waals surface area contributed by atoms with Crippen LogP contribution >= 0.6 is 15.9 Å². The normalized spacial score (nSPS) is 12.9. The van der Waals surface area contributed by atoms with E-state index in [1.54, 1.807) is 15.9 Å². The maximum atomic E-state index is 14.2. The Labute approximate surface area is 243 Å². The van der Waals surface area contributed by atoms with E-state index in [4.69, 9.17) is 0 Å². The first-order valence-corrected chi connectivity index (χ1v) is 14.4. The van der Waals surface area contributed by atoms with Crippen molar-refractivity contribution >= 4 is 50.1 Å². The molecular weight excluding hydrogens is 566 g/mol. The molecule has 1 heterocycles. The molecule has 0 saturated carbocycles. The van der Waals surface area contributed by atoms with E-state index in [0.717, 1.165) is 44.9 Å². The molecule has 7 heteroatoms. The third kappa shape index (κ3) is 5.94. The molecule has 0 unspecified atom stereocenters. The van der Waals surface area contributed by atoms with Crippen LogP contribution in [0.2, 0.25) is 0 Å². The van der Waals surface area contributed by atoms with Gasteiger partial charge in [-0.1, -0.05) is 96.0 Å². The molecule has 0 radical (unpaired) electrons. The molecule has 40 heavy (non-hydrogen) atoms. The molecule has 204 valence electrons. The van der Waals surface area contributed by atoms with Crippen LogP contribution in [0.5, 0.6) is 0 Å². The molecule has 4 aromatic rings. The number of hydrogen-bond acceptors (Lipinski definition) is 3. The summed E-state index contributed by atoms with van der Waals surface area (Å²) in [5.74, 6) is -0.682. The maximum absolute atomic E-state index is 14.2. The van der Waals surface area contributed by atoms with Crippen molar-refractivity contribution in [3.05, 3.63) is 112 Å². The molecule has 1 aliphatic rings. The Balaban J connectivity index is 1.49. The SMILES string of the molecule is CCCCNC(=O)[C@@H](Cc1ccccc1)N(Cc1cccc(Br)c1)C(=O)CN1C(=O)c2cccc3cccc1c23. The second kappa shape index (κ2) is 12.5. The Hall–Kier alpha value is -3.97. The summed E-state index contributed by atoms with van der Waals surface area (Å²) in [6, 6.07) is 28.1.